The normalized spacial score (nSPS) is 12.4. The van der Waals surface area contributed by atoms with Gasteiger partial charge in [0.2, 0.25) is 0 Å². The lowest BCUT2D eigenvalue weighted by Crippen LogP contribution is -2.25. The maximum absolute atomic E-state index is 11.2. The number of esters is 1. The number of nitrogens with two attached hydrogens (primary N) is 1. The number of carbonyl (C=O) groups excluding carboxylic acids is 1. The summed E-state index contributed by atoms with van der Waals surface area (Å²) in [5.74, 6) is -0.158. The molecule has 1 heterocycles. The highest BCUT2D eigenvalue weighted by molar-refractivity contribution is 5.69. The molecule has 1 atom stereocenters. The van der Waals surface area contributed by atoms with Crippen molar-refractivity contribution in [3.05, 3.63) is 24.0 Å². The van der Waals surface area contributed by atoms with Gasteiger partial charge in [-0.3, -0.25) is 4.79 Å². The van der Waals surface area contributed by atoms with Crippen LogP contribution in [0.15, 0.2) is 18.3 Å². The molecule has 1 unspecified atom stereocenters. The van der Waals surface area contributed by atoms with E-state index in [4.69, 9.17) is 10.5 Å². The summed E-state index contributed by atoms with van der Waals surface area (Å²) >= 11 is 0. The first kappa shape index (κ1) is 13.8. The van der Waals surface area contributed by atoms with E-state index >= 15 is 0 Å². The van der Waals surface area contributed by atoms with Crippen LogP contribution in [0.4, 0.5) is 0 Å². The lowest BCUT2D eigenvalue weighted by Gasteiger charge is -2.13. The van der Waals surface area contributed by atoms with Crippen LogP contribution in [-0.4, -0.2) is 23.2 Å². The van der Waals surface area contributed by atoms with Crippen LogP contribution in [0.2, 0.25) is 0 Å². The van der Waals surface area contributed by atoms with E-state index in [1.807, 2.05) is 19.2 Å². The van der Waals surface area contributed by atoms with Gasteiger partial charge in [-0.25, -0.2) is 0 Å². The first-order valence-electron chi connectivity index (χ1n) is 6.22. The molecule has 0 saturated carbocycles. The minimum Gasteiger partial charge on any atom is -0.466 e. The van der Waals surface area contributed by atoms with Crippen LogP contribution in [0.25, 0.3) is 0 Å². The second-order valence-electron chi connectivity index (χ2n) is 4.09. The third kappa shape index (κ3) is 4.61. The molecule has 0 aliphatic carbocycles. The van der Waals surface area contributed by atoms with Gasteiger partial charge in [-0.1, -0.05) is 0 Å². The smallest absolute Gasteiger partial charge is 0.305 e. The Balaban J connectivity index is 2.34. The van der Waals surface area contributed by atoms with Gasteiger partial charge in [0.25, 0.3) is 0 Å². The molecule has 0 amide bonds. The molecular weight excluding hydrogens is 216 g/mol. The Bertz CT molecular complexity index is 347. The molecule has 4 heteroatoms. The van der Waals surface area contributed by atoms with Gasteiger partial charge in [0.1, 0.15) is 0 Å². The second-order valence-corrected chi connectivity index (χ2v) is 4.09. The van der Waals surface area contributed by atoms with Crippen molar-refractivity contribution in [3.8, 4) is 0 Å². The van der Waals surface area contributed by atoms with Gasteiger partial charge < -0.3 is 15.0 Å². The molecule has 0 saturated heterocycles. The van der Waals surface area contributed by atoms with Crippen molar-refractivity contribution >= 4 is 5.97 Å². The maximum Gasteiger partial charge on any atom is 0.305 e. The summed E-state index contributed by atoms with van der Waals surface area (Å²) < 4.78 is 7.04. The van der Waals surface area contributed by atoms with Crippen molar-refractivity contribution in [2.75, 3.05) is 6.61 Å². The van der Waals surface area contributed by atoms with Crippen LogP contribution in [0.3, 0.4) is 0 Å². The third-order valence-corrected chi connectivity index (χ3v) is 2.76. The van der Waals surface area contributed by atoms with Gasteiger partial charge in [0.15, 0.2) is 0 Å². The number of nitrogens with zero attached hydrogens (tertiary/aromatic N) is 1. The first-order chi connectivity index (χ1) is 8.17. The molecule has 0 aromatic carbocycles. The summed E-state index contributed by atoms with van der Waals surface area (Å²) in [5.41, 5.74) is 7.24. The molecule has 0 fully saturated rings. The van der Waals surface area contributed by atoms with E-state index in [9.17, 15) is 4.79 Å². The first-order valence-corrected chi connectivity index (χ1v) is 6.22. The minimum atomic E-state index is -0.158. The molecule has 1 aromatic heterocycles. The zero-order valence-electron chi connectivity index (χ0n) is 10.7. The fraction of sp³-hybridized carbons (Fsp3) is 0.615. The molecule has 2 N–H and O–H groups in total. The molecule has 17 heavy (non-hydrogen) atoms. The topological polar surface area (TPSA) is 57.2 Å². The van der Waals surface area contributed by atoms with Crippen molar-refractivity contribution in [2.45, 2.75) is 45.7 Å². The van der Waals surface area contributed by atoms with Crippen molar-refractivity contribution in [1.29, 1.82) is 0 Å². The molecule has 4 nitrogen and oxygen atoms in total. The highest BCUT2D eigenvalue weighted by Gasteiger charge is 2.10. The lowest BCUT2D eigenvalue weighted by molar-refractivity contribution is -0.143. The van der Waals surface area contributed by atoms with Crippen LogP contribution in [-0.2, 0) is 22.5 Å². The Kier molecular flexibility index (Phi) is 5.77. The van der Waals surface area contributed by atoms with Gasteiger partial charge in [0, 0.05) is 37.3 Å². The molecule has 1 rings (SSSR count). The summed E-state index contributed by atoms with van der Waals surface area (Å²) in [6.07, 6.45) is 3.93. The largest absolute Gasteiger partial charge is 0.466 e. The van der Waals surface area contributed by atoms with E-state index in [1.54, 1.807) is 0 Å². The number of ether oxygens (including phenoxy) is 1. The number of rotatable bonds is 7. The van der Waals surface area contributed by atoms with Crippen LogP contribution < -0.4 is 5.73 Å². The number of aromatic nitrogens is 1. The standard InChI is InChI=1S/C13H22N2O2/c1-3-15-9-5-6-12(15)10-11(14)7-8-13(16)17-4-2/h5-6,9,11H,3-4,7-8,10,14H2,1-2H3. The summed E-state index contributed by atoms with van der Waals surface area (Å²) in [5, 5.41) is 0. The number of hydrogen-bond donors (Lipinski definition) is 1. The Morgan fingerprint density at radius 3 is 2.94 bits per heavy atom. The Morgan fingerprint density at radius 2 is 2.29 bits per heavy atom. The monoisotopic (exact) mass is 238 g/mol. The fourth-order valence-corrected chi connectivity index (χ4v) is 1.85. The summed E-state index contributed by atoms with van der Waals surface area (Å²) in [6.45, 7) is 5.30. The average molecular weight is 238 g/mol. The van der Waals surface area contributed by atoms with Gasteiger partial charge in [-0.2, -0.15) is 0 Å². The second kappa shape index (κ2) is 7.12. The SMILES string of the molecule is CCOC(=O)CCC(N)Cc1cccn1CC. The average Bonchev–Trinajstić information content (AvgIpc) is 2.74. The van der Waals surface area contributed by atoms with Crippen LogP contribution in [0.5, 0.6) is 0 Å². The van der Waals surface area contributed by atoms with E-state index in [0.717, 1.165) is 13.0 Å². The van der Waals surface area contributed by atoms with E-state index in [1.165, 1.54) is 5.69 Å². The van der Waals surface area contributed by atoms with E-state index in [2.05, 4.69) is 17.6 Å². The molecule has 0 spiro atoms. The van der Waals surface area contributed by atoms with Crippen molar-refractivity contribution in [2.24, 2.45) is 5.73 Å². The molecule has 0 aliphatic rings. The quantitative estimate of drug-likeness (QED) is 0.736. The highest BCUT2D eigenvalue weighted by atomic mass is 16.5. The number of aryl methyl sites for hydroxylation is 1. The molecule has 1 aromatic rings. The molecule has 0 bridgehead atoms. The number of hydrogen-bond acceptors (Lipinski definition) is 3. The van der Waals surface area contributed by atoms with Gasteiger partial charge in [-0.05, 0) is 32.4 Å². The fourth-order valence-electron chi connectivity index (χ4n) is 1.85. The molecule has 0 aliphatic heterocycles. The van der Waals surface area contributed by atoms with Crippen molar-refractivity contribution in [1.82, 2.24) is 4.57 Å². The summed E-state index contributed by atoms with van der Waals surface area (Å²) in [6, 6.07) is 4.12. The van der Waals surface area contributed by atoms with Crippen LogP contribution in [0.1, 0.15) is 32.4 Å². The zero-order valence-corrected chi connectivity index (χ0v) is 10.7. The van der Waals surface area contributed by atoms with E-state index in [-0.39, 0.29) is 12.0 Å². The maximum atomic E-state index is 11.2. The molecule has 0 radical (unpaired) electrons. The molecular formula is C13H22N2O2. The van der Waals surface area contributed by atoms with Crippen molar-refractivity contribution in [3.63, 3.8) is 0 Å². The Hall–Kier alpha value is -1.29. The summed E-state index contributed by atoms with van der Waals surface area (Å²) in [4.78, 5) is 11.2. The molecule has 96 valence electrons. The Labute approximate surface area is 103 Å². The van der Waals surface area contributed by atoms with Crippen LogP contribution >= 0.6 is 0 Å². The van der Waals surface area contributed by atoms with Crippen molar-refractivity contribution < 1.29 is 9.53 Å². The van der Waals surface area contributed by atoms with Crippen LogP contribution in [0, 0.1) is 0 Å². The number of carbonyl (C=O) groups is 1. The highest BCUT2D eigenvalue weighted by Crippen LogP contribution is 2.08. The van der Waals surface area contributed by atoms with Gasteiger partial charge in [-0.15, -0.1) is 0 Å². The minimum absolute atomic E-state index is 0.0135. The lowest BCUT2D eigenvalue weighted by atomic mass is 10.1. The predicted molar refractivity (Wildman–Crippen MR) is 67.7 cm³/mol. The van der Waals surface area contributed by atoms with E-state index < -0.39 is 0 Å². The third-order valence-electron chi connectivity index (χ3n) is 2.76. The predicted octanol–water partition coefficient (Wildman–Crippen LogP) is 1.72. The summed E-state index contributed by atoms with van der Waals surface area (Å²) in [7, 11) is 0. The van der Waals surface area contributed by atoms with Gasteiger partial charge in [0.05, 0.1) is 6.61 Å². The van der Waals surface area contributed by atoms with E-state index in [0.29, 0.717) is 19.4 Å². The zero-order chi connectivity index (χ0) is 12.7. The van der Waals surface area contributed by atoms with Gasteiger partial charge >= 0.3 is 5.97 Å². The Morgan fingerprint density at radius 1 is 1.53 bits per heavy atom.